The Bertz CT molecular complexity index is 456. The molecule has 0 spiro atoms. The van der Waals surface area contributed by atoms with E-state index in [1.165, 1.54) is 24.3 Å². The first-order valence-corrected chi connectivity index (χ1v) is 5.38. The van der Waals surface area contributed by atoms with Gasteiger partial charge in [-0.2, -0.15) is 0 Å². The number of nitro groups is 1. The van der Waals surface area contributed by atoms with E-state index in [0.717, 1.165) is 0 Å². The SMILES string of the molecule is CCCC(=O)NNC(=O)c1ccc([N+](=O)[O-])cc1. The summed E-state index contributed by atoms with van der Waals surface area (Å²) in [6.07, 6.45) is 1.000. The predicted molar refractivity (Wildman–Crippen MR) is 63.6 cm³/mol. The van der Waals surface area contributed by atoms with Gasteiger partial charge in [0.15, 0.2) is 0 Å². The maximum Gasteiger partial charge on any atom is 0.269 e. The third kappa shape index (κ3) is 3.85. The molecule has 0 aliphatic rings. The van der Waals surface area contributed by atoms with Gasteiger partial charge in [0.2, 0.25) is 5.91 Å². The first-order valence-electron chi connectivity index (χ1n) is 5.38. The number of hydrogen-bond acceptors (Lipinski definition) is 4. The minimum Gasteiger partial charge on any atom is -0.273 e. The Morgan fingerprint density at radius 2 is 1.83 bits per heavy atom. The minimum atomic E-state index is -0.551. The molecule has 0 saturated heterocycles. The van der Waals surface area contributed by atoms with Crippen LogP contribution in [0.15, 0.2) is 24.3 Å². The van der Waals surface area contributed by atoms with Crippen molar-refractivity contribution in [3.63, 3.8) is 0 Å². The van der Waals surface area contributed by atoms with Gasteiger partial charge in [0.05, 0.1) is 4.92 Å². The fourth-order valence-electron chi connectivity index (χ4n) is 1.22. The lowest BCUT2D eigenvalue weighted by molar-refractivity contribution is -0.384. The molecule has 7 heteroatoms. The van der Waals surface area contributed by atoms with Gasteiger partial charge in [-0.15, -0.1) is 0 Å². The second-order valence-electron chi connectivity index (χ2n) is 3.56. The predicted octanol–water partition coefficient (Wildman–Crippen LogP) is 1.16. The summed E-state index contributed by atoms with van der Waals surface area (Å²) < 4.78 is 0. The second-order valence-corrected chi connectivity index (χ2v) is 3.56. The van der Waals surface area contributed by atoms with E-state index in [-0.39, 0.29) is 17.2 Å². The van der Waals surface area contributed by atoms with Crippen LogP contribution < -0.4 is 10.9 Å². The van der Waals surface area contributed by atoms with Gasteiger partial charge in [0.25, 0.3) is 11.6 Å². The average molecular weight is 251 g/mol. The molecule has 0 radical (unpaired) electrons. The number of nitrogens with one attached hydrogen (secondary N) is 2. The lowest BCUT2D eigenvalue weighted by atomic mass is 10.2. The van der Waals surface area contributed by atoms with E-state index in [9.17, 15) is 19.7 Å². The van der Waals surface area contributed by atoms with Crippen LogP contribution in [0.5, 0.6) is 0 Å². The molecule has 1 aromatic carbocycles. The topological polar surface area (TPSA) is 101 Å². The molecule has 0 aliphatic heterocycles. The standard InChI is InChI=1S/C11H13N3O4/c1-2-3-10(15)12-13-11(16)8-4-6-9(7-5-8)14(17)18/h4-7H,2-3H2,1H3,(H,12,15)(H,13,16). The summed E-state index contributed by atoms with van der Waals surface area (Å²) in [6, 6.07) is 5.09. The van der Waals surface area contributed by atoms with Crippen LogP contribution in [0.1, 0.15) is 30.1 Å². The van der Waals surface area contributed by atoms with Crippen LogP contribution in [0.3, 0.4) is 0 Å². The van der Waals surface area contributed by atoms with Gasteiger partial charge in [-0.3, -0.25) is 30.6 Å². The van der Waals surface area contributed by atoms with Crippen LogP contribution in [-0.4, -0.2) is 16.7 Å². The van der Waals surface area contributed by atoms with Gasteiger partial charge in [-0.25, -0.2) is 0 Å². The van der Waals surface area contributed by atoms with Crippen molar-refractivity contribution >= 4 is 17.5 Å². The van der Waals surface area contributed by atoms with Gasteiger partial charge in [0, 0.05) is 24.1 Å². The highest BCUT2D eigenvalue weighted by Gasteiger charge is 2.09. The van der Waals surface area contributed by atoms with Crippen molar-refractivity contribution in [2.45, 2.75) is 19.8 Å². The molecule has 1 rings (SSSR count). The van der Waals surface area contributed by atoms with Crippen molar-refractivity contribution in [1.82, 2.24) is 10.9 Å². The fourth-order valence-corrected chi connectivity index (χ4v) is 1.22. The molecule has 0 aliphatic carbocycles. The fraction of sp³-hybridized carbons (Fsp3) is 0.273. The van der Waals surface area contributed by atoms with Crippen LogP contribution >= 0.6 is 0 Å². The molecule has 0 saturated carbocycles. The molecule has 0 aromatic heterocycles. The molecule has 0 heterocycles. The number of hydrogen-bond donors (Lipinski definition) is 2. The summed E-state index contributed by atoms with van der Waals surface area (Å²) in [4.78, 5) is 32.5. The Morgan fingerprint density at radius 1 is 1.22 bits per heavy atom. The van der Waals surface area contributed by atoms with Crippen LogP contribution in [0.2, 0.25) is 0 Å². The lowest BCUT2D eigenvalue weighted by Gasteiger charge is -2.06. The van der Waals surface area contributed by atoms with E-state index in [0.29, 0.717) is 12.8 Å². The van der Waals surface area contributed by atoms with Gasteiger partial charge in [-0.1, -0.05) is 6.92 Å². The zero-order valence-corrected chi connectivity index (χ0v) is 9.80. The number of amides is 2. The molecule has 7 nitrogen and oxygen atoms in total. The third-order valence-corrected chi connectivity index (χ3v) is 2.13. The van der Waals surface area contributed by atoms with Crippen LogP contribution in [0.25, 0.3) is 0 Å². The number of carbonyl (C=O) groups excluding carboxylic acids is 2. The number of nitro benzene ring substituents is 1. The van der Waals surface area contributed by atoms with E-state index >= 15 is 0 Å². The van der Waals surface area contributed by atoms with Gasteiger partial charge < -0.3 is 0 Å². The Hall–Kier alpha value is -2.44. The van der Waals surface area contributed by atoms with Crippen molar-refractivity contribution in [1.29, 1.82) is 0 Å². The average Bonchev–Trinajstić information content (AvgIpc) is 2.36. The number of rotatable bonds is 4. The molecule has 0 atom stereocenters. The van der Waals surface area contributed by atoms with Crippen LogP contribution in [0, 0.1) is 10.1 Å². The maximum absolute atomic E-state index is 11.5. The Balaban J connectivity index is 2.56. The summed E-state index contributed by atoms with van der Waals surface area (Å²) in [5.41, 5.74) is 4.61. The van der Waals surface area contributed by atoms with Crippen molar-refractivity contribution in [2.24, 2.45) is 0 Å². The monoisotopic (exact) mass is 251 g/mol. The van der Waals surface area contributed by atoms with Crippen LogP contribution in [0.4, 0.5) is 5.69 Å². The number of hydrazine groups is 1. The molecule has 2 amide bonds. The van der Waals surface area contributed by atoms with E-state index in [1.54, 1.807) is 0 Å². The second kappa shape index (κ2) is 6.33. The minimum absolute atomic E-state index is 0.0958. The van der Waals surface area contributed by atoms with Gasteiger partial charge >= 0.3 is 0 Å². The molecular weight excluding hydrogens is 238 g/mol. The van der Waals surface area contributed by atoms with Crippen molar-refractivity contribution in [2.75, 3.05) is 0 Å². The van der Waals surface area contributed by atoms with Crippen molar-refractivity contribution in [3.8, 4) is 0 Å². The summed E-state index contributed by atoms with van der Waals surface area (Å²) in [5, 5.41) is 10.4. The molecule has 18 heavy (non-hydrogen) atoms. The molecule has 96 valence electrons. The molecular formula is C11H13N3O4. The molecule has 0 unspecified atom stereocenters. The summed E-state index contributed by atoms with van der Waals surface area (Å²) in [5.74, 6) is -0.804. The summed E-state index contributed by atoms with van der Waals surface area (Å²) in [6.45, 7) is 1.84. The highest BCUT2D eigenvalue weighted by molar-refractivity contribution is 5.95. The number of non-ortho nitro benzene ring substituents is 1. The first-order chi connectivity index (χ1) is 8.54. The summed E-state index contributed by atoms with van der Waals surface area (Å²) in [7, 11) is 0. The Kier molecular flexibility index (Phi) is 4.79. The smallest absolute Gasteiger partial charge is 0.269 e. The first kappa shape index (κ1) is 13.6. The van der Waals surface area contributed by atoms with Crippen molar-refractivity contribution < 1.29 is 14.5 Å². The van der Waals surface area contributed by atoms with E-state index < -0.39 is 10.8 Å². The molecule has 2 N–H and O–H groups in total. The number of nitrogens with zero attached hydrogens (tertiary/aromatic N) is 1. The quantitative estimate of drug-likeness (QED) is 0.619. The lowest BCUT2D eigenvalue weighted by Crippen LogP contribution is -2.41. The Morgan fingerprint density at radius 3 is 2.33 bits per heavy atom. The van der Waals surface area contributed by atoms with E-state index in [1.807, 2.05) is 6.92 Å². The zero-order chi connectivity index (χ0) is 13.5. The maximum atomic E-state index is 11.5. The molecule has 1 aromatic rings. The number of carbonyl (C=O) groups is 2. The number of benzene rings is 1. The van der Waals surface area contributed by atoms with E-state index in [2.05, 4.69) is 10.9 Å². The normalized spacial score (nSPS) is 9.61. The molecule has 0 bridgehead atoms. The molecule has 0 fully saturated rings. The van der Waals surface area contributed by atoms with Gasteiger partial charge in [0.1, 0.15) is 0 Å². The summed E-state index contributed by atoms with van der Waals surface area (Å²) >= 11 is 0. The zero-order valence-electron chi connectivity index (χ0n) is 9.80. The van der Waals surface area contributed by atoms with Crippen LogP contribution in [-0.2, 0) is 4.79 Å². The van der Waals surface area contributed by atoms with E-state index in [4.69, 9.17) is 0 Å². The van der Waals surface area contributed by atoms with Gasteiger partial charge in [-0.05, 0) is 18.6 Å². The van der Waals surface area contributed by atoms with Crippen molar-refractivity contribution in [3.05, 3.63) is 39.9 Å². The third-order valence-electron chi connectivity index (χ3n) is 2.13. The Labute approximate surface area is 103 Å². The highest BCUT2D eigenvalue weighted by atomic mass is 16.6. The highest BCUT2D eigenvalue weighted by Crippen LogP contribution is 2.11. The largest absolute Gasteiger partial charge is 0.273 e.